The third-order valence-electron chi connectivity index (χ3n) is 3.58. The summed E-state index contributed by atoms with van der Waals surface area (Å²) in [6, 6.07) is 6.27. The summed E-state index contributed by atoms with van der Waals surface area (Å²) in [5.74, 6) is 0.512. The predicted octanol–water partition coefficient (Wildman–Crippen LogP) is 1.54. The number of aryl methyl sites for hydroxylation is 1. The number of hydrogen-bond donors (Lipinski definition) is 2. The van der Waals surface area contributed by atoms with Gasteiger partial charge in [0.15, 0.2) is 0 Å². The van der Waals surface area contributed by atoms with Gasteiger partial charge in [-0.1, -0.05) is 6.07 Å². The van der Waals surface area contributed by atoms with Gasteiger partial charge < -0.3 is 10.5 Å². The van der Waals surface area contributed by atoms with E-state index in [1.807, 2.05) is 26.0 Å². The van der Waals surface area contributed by atoms with Crippen molar-refractivity contribution in [3.63, 3.8) is 0 Å². The summed E-state index contributed by atoms with van der Waals surface area (Å²) in [4.78, 5) is 11.4. The van der Waals surface area contributed by atoms with Gasteiger partial charge in [0, 0.05) is 6.04 Å². The van der Waals surface area contributed by atoms with Crippen LogP contribution in [0.5, 0.6) is 5.75 Å². The van der Waals surface area contributed by atoms with Crippen molar-refractivity contribution in [2.75, 3.05) is 7.11 Å². The van der Waals surface area contributed by atoms with Crippen LogP contribution >= 0.6 is 0 Å². The number of nitrogens with one attached hydrogen (secondary N) is 1. The summed E-state index contributed by atoms with van der Waals surface area (Å²) >= 11 is 0. The highest BCUT2D eigenvalue weighted by Crippen LogP contribution is 2.34. The first kappa shape index (κ1) is 12.9. The molecule has 0 heterocycles. The molecular formula is C14H20N2O2. The van der Waals surface area contributed by atoms with E-state index in [4.69, 9.17) is 10.5 Å². The van der Waals surface area contributed by atoms with Crippen LogP contribution in [0.1, 0.15) is 37.4 Å². The predicted molar refractivity (Wildman–Crippen MR) is 70.5 cm³/mol. The molecule has 2 rings (SSSR count). The number of nitrogens with two attached hydrogens (primary N) is 1. The Bertz CT molecular complexity index is 469. The van der Waals surface area contributed by atoms with Crippen LogP contribution in [0.3, 0.4) is 0 Å². The Balaban J connectivity index is 2.23. The Morgan fingerprint density at radius 3 is 2.83 bits per heavy atom. The van der Waals surface area contributed by atoms with Crippen LogP contribution in [-0.2, 0) is 11.2 Å². The highest BCUT2D eigenvalue weighted by molar-refractivity contribution is 5.83. The topological polar surface area (TPSA) is 64.3 Å². The van der Waals surface area contributed by atoms with E-state index < -0.39 is 5.54 Å². The Labute approximate surface area is 108 Å². The number of carbonyl (C=O) groups excluding carboxylic acids is 1. The number of hydrogen-bond acceptors (Lipinski definition) is 3. The monoisotopic (exact) mass is 248 g/mol. The van der Waals surface area contributed by atoms with Gasteiger partial charge in [0.05, 0.1) is 12.6 Å². The van der Waals surface area contributed by atoms with E-state index in [2.05, 4.69) is 11.4 Å². The zero-order valence-electron chi connectivity index (χ0n) is 11.1. The molecule has 1 atom stereocenters. The van der Waals surface area contributed by atoms with E-state index in [9.17, 15) is 4.79 Å². The number of amides is 1. The van der Waals surface area contributed by atoms with Gasteiger partial charge in [-0.3, -0.25) is 10.1 Å². The summed E-state index contributed by atoms with van der Waals surface area (Å²) in [6.07, 6.45) is 2.01. The van der Waals surface area contributed by atoms with E-state index in [0.717, 1.165) is 18.6 Å². The molecule has 18 heavy (non-hydrogen) atoms. The molecule has 0 saturated carbocycles. The van der Waals surface area contributed by atoms with Gasteiger partial charge in [-0.2, -0.15) is 0 Å². The van der Waals surface area contributed by atoms with Crippen molar-refractivity contribution < 1.29 is 9.53 Å². The molecule has 0 fully saturated rings. The minimum Gasteiger partial charge on any atom is -0.497 e. The lowest BCUT2D eigenvalue weighted by molar-refractivity contribution is -0.123. The van der Waals surface area contributed by atoms with E-state index in [1.165, 1.54) is 11.1 Å². The smallest absolute Gasteiger partial charge is 0.237 e. The van der Waals surface area contributed by atoms with Crippen molar-refractivity contribution in [3.8, 4) is 5.75 Å². The summed E-state index contributed by atoms with van der Waals surface area (Å²) in [5, 5.41) is 3.33. The van der Waals surface area contributed by atoms with Crippen LogP contribution in [0.2, 0.25) is 0 Å². The fraction of sp³-hybridized carbons (Fsp3) is 0.500. The maximum atomic E-state index is 11.4. The zero-order chi connectivity index (χ0) is 13.3. The molecule has 1 aliphatic carbocycles. The maximum Gasteiger partial charge on any atom is 0.237 e. The SMILES string of the molecule is COc1ccc2c(c1)C(NC(C)(C)C(N)=O)CC2. The molecule has 0 bridgehead atoms. The summed E-state index contributed by atoms with van der Waals surface area (Å²) in [6.45, 7) is 3.63. The first-order valence-corrected chi connectivity index (χ1v) is 6.18. The van der Waals surface area contributed by atoms with Crippen molar-refractivity contribution in [2.24, 2.45) is 5.73 Å². The molecular weight excluding hydrogens is 228 g/mol. The number of methoxy groups -OCH3 is 1. The summed E-state index contributed by atoms with van der Waals surface area (Å²) in [7, 11) is 1.66. The van der Waals surface area contributed by atoms with E-state index in [1.54, 1.807) is 7.11 Å². The highest BCUT2D eigenvalue weighted by Gasteiger charge is 2.32. The number of carbonyl (C=O) groups is 1. The lowest BCUT2D eigenvalue weighted by Gasteiger charge is -2.27. The number of fused-ring (bicyclic) bond motifs is 1. The second-order valence-electron chi connectivity index (χ2n) is 5.29. The molecule has 98 valence electrons. The normalized spacial score (nSPS) is 18.5. The number of primary amides is 1. The molecule has 0 aliphatic heterocycles. The Kier molecular flexibility index (Phi) is 3.30. The second-order valence-corrected chi connectivity index (χ2v) is 5.29. The fourth-order valence-electron chi connectivity index (χ4n) is 2.36. The molecule has 0 spiro atoms. The molecule has 4 nitrogen and oxygen atoms in total. The summed E-state index contributed by atoms with van der Waals surface area (Å²) in [5.41, 5.74) is 7.22. The first-order valence-electron chi connectivity index (χ1n) is 6.18. The molecule has 0 radical (unpaired) electrons. The first-order chi connectivity index (χ1) is 8.44. The molecule has 1 aromatic carbocycles. The molecule has 1 aliphatic rings. The molecule has 0 saturated heterocycles. The Hall–Kier alpha value is -1.55. The number of ether oxygens (including phenoxy) is 1. The van der Waals surface area contributed by atoms with Crippen LogP contribution in [0, 0.1) is 0 Å². The van der Waals surface area contributed by atoms with E-state index in [0.29, 0.717) is 0 Å². The number of benzene rings is 1. The van der Waals surface area contributed by atoms with Gasteiger partial charge in [0.1, 0.15) is 5.75 Å². The van der Waals surface area contributed by atoms with Crippen molar-refractivity contribution in [1.82, 2.24) is 5.32 Å². The van der Waals surface area contributed by atoms with Crippen LogP contribution in [0.25, 0.3) is 0 Å². The molecule has 1 amide bonds. The van der Waals surface area contributed by atoms with Gasteiger partial charge in [-0.15, -0.1) is 0 Å². The number of rotatable bonds is 4. The zero-order valence-corrected chi connectivity index (χ0v) is 11.1. The standard InChI is InChI=1S/C14H20N2O2/c1-14(2,13(15)17)16-12-7-5-9-4-6-10(18-3)8-11(9)12/h4,6,8,12,16H,5,7H2,1-3H3,(H2,15,17). The van der Waals surface area contributed by atoms with Crippen LogP contribution in [-0.4, -0.2) is 18.6 Å². The van der Waals surface area contributed by atoms with Gasteiger partial charge in [0.25, 0.3) is 0 Å². The fourth-order valence-corrected chi connectivity index (χ4v) is 2.36. The third kappa shape index (κ3) is 2.34. The Morgan fingerprint density at radius 2 is 2.22 bits per heavy atom. The summed E-state index contributed by atoms with van der Waals surface area (Å²) < 4.78 is 5.25. The molecule has 3 N–H and O–H groups in total. The second kappa shape index (κ2) is 4.61. The van der Waals surface area contributed by atoms with Crippen LogP contribution < -0.4 is 15.8 Å². The van der Waals surface area contributed by atoms with Gasteiger partial charge in [-0.05, 0) is 49.9 Å². The van der Waals surface area contributed by atoms with Gasteiger partial charge >= 0.3 is 0 Å². The van der Waals surface area contributed by atoms with Crippen molar-refractivity contribution in [3.05, 3.63) is 29.3 Å². The van der Waals surface area contributed by atoms with Crippen LogP contribution in [0.15, 0.2) is 18.2 Å². The lowest BCUT2D eigenvalue weighted by Crippen LogP contribution is -2.51. The lowest BCUT2D eigenvalue weighted by atomic mass is 10.0. The van der Waals surface area contributed by atoms with Gasteiger partial charge in [0.2, 0.25) is 5.91 Å². The minimum atomic E-state index is -0.699. The van der Waals surface area contributed by atoms with Crippen molar-refractivity contribution >= 4 is 5.91 Å². The Morgan fingerprint density at radius 1 is 1.50 bits per heavy atom. The molecule has 0 aromatic heterocycles. The molecule has 1 aromatic rings. The quantitative estimate of drug-likeness (QED) is 0.849. The molecule has 1 unspecified atom stereocenters. The van der Waals surface area contributed by atoms with E-state index in [-0.39, 0.29) is 11.9 Å². The average Bonchev–Trinajstić information content (AvgIpc) is 2.71. The largest absolute Gasteiger partial charge is 0.497 e. The van der Waals surface area contributed by atoms with Crippen molar-refractivity contribution in [2.45, 2.75) is 38.3 Å². The molecule has 4 heteroatoms. The highest BCUT2D eigenvalue weighted by atomic mass is 16.5. The van der Waals surface area contributed by atoms with Crippen LogP contribution in [0.4, 0.5) is 0 Å². The van der Waals surface area contributed by atoms with Gasteiger partial charge in [-0.25, -0.2) is 0 Å². The maximum absolute atomic E-state index is 11.4. The average molecular weight is 248 g/mol. The van der Waals surface area contributed by atoms with E-state index >= 15 is 0 Å². The minimum absolute atomic E-state index is 0.164. The van der Waals surface area contributed by atoms with Crippen molar-refractivity contribution in [1.29, 1.82) is 0 Å². The third-order valence-corrected chi connectivity index (χ3v) is 3.58.